The van der Waals surface area contributed by atoms with Crippen LogP contribution in [0.2, 0.25) is 0 Å². The Morgan fingerprint density at radius 1 is 1.08 bits per heavy atom. The lowest BCUT2D eigenvalue weighted by atomic mass is 10.1. The van der Waals surface area contributed by atoms with Crippen LogP contribution in [0.15, 0.2) is 48.5 Å². The van der Waals surface area contributed by atoms with Gasteiger partial charge in [-0.3, -0.25) is 4.79 Å². The summed E-state index contributed by atoms with van der Waals surface area (Å²) in [4.78, 5) is 16.6. The quantitative estimate of drug-likeness (QED) is 0.909. The second kappa shape index (κ2) is 7.92. The molecule has 132 valence electrons. The number of nitrogens with zero attached hydrogens (tertiary/aromatic N) is 2. The van der Waals surface area contributed by atoms with Crippen LogP contribution in [0.25, 0.3) is 0 Å². The van der Waals surface area contributed by atoms with Crippen LogP contribution < -0.4 is 9.64 Å². The predicted octanol–water partition coefficient (Wildman–Crippen LogP) is 2.68. The molecule has 0 aliphatic carbocycles. The van der Waals surface area contributed by atoms with Gasteiger partial charge in [-0.1, -0.05) is 24.3 Å². The zero-order chi connectivity index (χ0) is 17.6. The number of para-hydroxylation sites is 1. The Morgan fingerprint density at radius 2 is 1.84 bits per heavy atom. The van der Waals surface area contributed by atoms with E-state index < -0.39 is 0 Å². The molecule has 25 heavy (non-hydrogen) atoms. The lowest BCUT2D eigenvalue weighted by molar-refractivity contribution is -0.131. The number of aromatic hydroxyl groups is 1. The molecule has 0 atom stereocenters. The Morgan fingerprint density at radius 3 is 2.56 bits per heavy atom. The number of methoxy groups -OCH3 is 1. The van der Waals surface area contributed by atoms with Gasteiger partial charge in [0.05, 0.1) is 7.11 Å². The second-order valence-electron chi connectivity index (χ2n) is 6.20. The van der Waals surface area contributed by atoms with E-state index >= 15 is 0 Å². The first-order valence-corrected chi connectivity index (χ1v) is 8.61. The van der Waals surface area contributed by atoms with E-state index in [1.54, 1.807) is 19.2 Å². The third-order valence-corrected chi connectivity index (χ3v) is 4.65. The summed E-state index contributed by atoms with van der Waals surface area (Å²) < 4.78 is 5.28. The first-order valence-electron chi connectivity index (χ1n) is 8.61. The monoisotopic (exact) mass is 340 g/mol. The van der Waals surface area contributed by atoms with Crippen molar-refractivity contribution in [2.75, 3.05) is 38.2 Å². The number of piperazine rings is 1. The molecule has 2 aromatic rings. The average molecular weight is 340 g/mol. The summed E-state index contributed by atoms with van der Waals surface area (Å²) in [5, 5.41) is 9.80. The van der Waals surface area contributed by atoms with Gasteiger partial charge in [-0.05, 0) is 30.2 Å². The highest BCUT2D eigenvalue weighted by Gasteiger charge is 2.21. The predicted molar refractivity (Wildman–Crippen MR) is 98.2 cm³/mol. The molecule has 3 rings (SSSR count). The molecule has 1 heterocycles. The Bertz CT molecular complexity index is 724. The van der Waals surface area contributed by atoms with Crippen molar-refractivity contribution in [2.24, 2.45) is 0 Å². The highest BCUT2D eigenvalue weighted by atomic mass is 16.5. The fraction of sp³-hybridized carbons (Fsp3) is 0.350. The molecule has 0 unspecified atom stereocenters. The molecule has 0 saturated carbocycles. The number of carbonyl (C=O) groups excluding carboxylic acids is 1. The van der Waals surface area contributed by atoms with Crippen molar-refractivity contribution in [3.63, 3.8) is 0 Å². The van der Waals surface area contributed by atoms with Gasteiger partial charge < -0.3 is 19.6 Å². The Balaban J connectivity index is 1.51. The van der Waals surface area contributed by atoms with Crippen molar-refractivity contribution in [1.29, 1.82) is 0 Å². The number of phenols is 1. The van der Waals surface area contributed by atoms with E-state index in [1.807, 2.05) is 35.2 Å². The van der Waals surface area contributed by atoms with Crippen LogP contribution in [0, 0.1) is 0 Å². The number of hydrogen-bond donors (Lipinski definition) is 1. The molecule has 2 aromatic carbocycles. The molecule has 1 amide bonds. The van der Waals surface area contributed by atoms with Gasteiger partial charge in [-0.25, -0.2) is 0 Å². The van der Waals surface area contributed by atoms with Crippen LogP contribution in [-0.4, -0.2) is 49.2 Å². The van der Waals surface area contributed by atoms with Gasteiger partial charge in [0.15, 0.2) is 0 Å². The SMILES string of the molecule is COc1cccc(N2CCN(C(=O)CCc3ccccc3O)CC2)c1. The maximum Gasteiger partial charge on any atom is 0.223 e. The largest absolute Gasteiger partial charge is 0.508 e. The molecule has 5 nitrogen and oxygen atoms in total. The summed E-state index contributed by atoms with van der Waals surface area (Å²) in [6, 6.07) is 15.2. The standard InChI is InChI=1S/C20H24N2O3/c1-25-18-7-4-6-17(15-18)21-11-13-22(14-12-21)20(24)10-9-16-5-2-3-8-19(16)23/h2-8,15,23H,9-14H2,1H3. The lowest BCUT2D eigenvalue weighted by Gasteiger charge is -2.36. The summed E-state index contributed by atoms with van der Waals surface area (Å²) in [6.07, 6.45) is 0.998. The first kappa shape index (κ1) is 17.1. The lowest BCUT2D eigenvalue weighted by Crippen LogP contribution is -2.48. The zero-order valence-electron chi connectivity index (χ0n) is 14.5. The summed E-state index contributed by atoms with van der Waals surface area (Å²) in [5.41, 5.74) is 1.95. The van der Waals surface area contributed by atoms with Crippen molar-refractivity contribution in [1.82, 2.24) is 4.90 Å². The first-order chi connectivity index (χ1) is 12.2. The van der Waals surface area contributed by atoms with E-state index in [2.05, 4.69) is 11.0 Å². The van der Waals surface area contributed by atoms with E-state index in [4.69, 9.17) is 4.74 Å². The molecule has 1 fully saturated rings. The van der Waals surface area contributed by atoms with E-state index in [0.29, 0.717) is 12.8 Å². The summed E-state index contributed by atoms with van der Waals surface area (Å²) in [6.45, 7) is 3.07. The minimum absolute atomic E-state index is 0.147. The van der Waals surface area contributed by atoms with Gasteiger partial charge in [-0.2, -0.15) is 0 Å². The number of amides is 1. The molecular formula is C20H24N2O3. The van der Waals surface area contributed by atoms with E-state index in [1.165, 1.54) is 0 Å². The summed E-state index contributed by atoms with van der Waals surface area (Å²) in [7, 11) is 1.67. The molecule has 1 aliphatic rings. The van der Waals surface area contributed by atoms with Crippen LogP contribution >= 0.6 is 0 Å². The number of rotatable bonds is 5. The molecule has 1 saturated heterocycles. The molecule has 0 bridgehead atoms. The molecule has 1 aliphatic heterocycles. The molecular weight excluding hydrogens is 316 g/mol. The van der Waals surface area contributed by atoms with Gasteiger partial charge in [0.1, 0.15) is 11.5 Å². The summed E-state index contributed by atoms with van der Waals surface area (Å²) >= 11 is 0. The summed E-state index contributed by atoms with van der Waals surface area (Å²) in [5.74, 6) is 1.25. The van der Waals surface area contributed by atoms with Gasteiger partial charge in [0.2, 0.25) is 5.91 Å². The van der Waals surface area contributed by atoms with Gasteiger partial charge in [0, 0.05) is 44.4 Å². The zero-order valence-corrected chi connectivity index (χ0v) is 14.5. The van der Waals surface area contributed by atoms with Gasteiger partial charge in [-0.15, -0.1) is 0 Å². The van der Waals surface area contributed by atoms with Crippen LogP contribution in [0.3, 0.4) is 0 Å². The van der Waals surface area contributed by atoms with Crippen LogP contribution in [0.5, 0.6) is 11.5 Å². The number of ether oxygens (including phenoxy) is 1. The number of benzene rings is 2. The average Bonchev–Trinajstić information content (AvgIpc) is 2.67. The fourth-order valence-electron chi connectivity index (χ4n) is 3.14. The smallest absolute Gasteiger partial charge is 0.223 e. The van der Waals surface area contributed by atoms with Gasteiger partial charge in [0.25, 0.3) is 0 Å². The number of carbonyl (C=O) groups is 1. The van der Waals surface area contributed by atoms with E-state index in [-0.39, 0.29) is 11.7 Å². The maximum atomic E-state index is 12.4. The van der Waals surface area contributed by atoms with Crippen molar-refractivity contribution < 1.29 is 14.6 Å². The minimum atomic E-state index is 0.147. The fourth-order valence-corrected chi connectivity index (χ4v) is 3.14. The van der Waals surface area contributed by atoms with Crippen molar-refractivity contribution in [3.8, 4) is 11.5 Å². The Kier molecular flexibility index (Phi) is 5.43. The molecule has 0 radical (unpaired) electrons. The van der Waals surface area contributed by atoms with Gasteiger partial charge >= 0.3 is 0 Å². The second-order valence-corrected chi connectivity index (χ2v) is 6.20. The molecule has 5 heteroatoms. The highest BCUT2D eigenvalue weighted by molar-refractivity contribution is 5.77. The molecule has 1 N–H and O–H groups in total. The van der Waals surface area contributed by atoms with Crippen LogP contribution in [0.4, 0.5) is 5.69 Å². The maximum absolute atomic E-state index is 12.4. The van der Waals surface area contributed by atoms with Crippen molar-refractivity contribution >= 4 is 11.6 Å². The van der Waals surface area contributed by atoms with Crippen LogP contribution in [-0.2, 0) is 11.2 Å². The molecule has 0 aromatic heterocycles. The third kappa shape index (κ3) is 4.24. The van der Waals surface area contributed by atoms with Crippen LogP contribution in [0.1, 0.15) is 12.0 Å². The Hall–Kier alpha value is -2.69. The minimum Gasteiger partial charge on any atom is -0.508 e. The number of anilines is 1. The number of phenolic OH excluding ortho intramolecular Hbond substituents is 1. The van der Waals surface area contributed by atoms with E-state index in [9.17, 15) is 9.90 Å². The highest BCUT2D eigenvalue weighted by Crippen LogP contribution is 2.22. The van der Waals surface area contributed by atoms with Crippen molar-refractivity contribution in [3.05, 3.63) is 54.1 Å². The number of aryl methyl sites for hydroxylation is 1. The number of hydrogen-bond acceptors (Lipinski definition) is 4. The topological polar surface area (TPSA) is 53.0 Å². The third-order valence-electron chi connectivity index (χ3n) is 4.65. The molecule has 0 spiro atoms. The van der Waals surface area contributed by atoms with Crippen molar-refractivity contribution in [2.45, 2.75) is 12.8 Å². The normalized spacial score (nSPS) is 14.4. The van der Waals surface area contributed by atoms with E-state index in [0.717, 1.165) is 43.2 Å². The Labute approximate surface area is 148 Å².